The summed E-state index contributed by atoms with van der Waals surface area (Å²) < 4.78 is 0. The number of nitrogens with one attached hydrogen (secondary N) is 2. The molecule has 8 rings (SSSR count). The molecule has 7 aromatic rings. The predicted molar refractivity (Wildman–Crippen MR) is 181 cm³/mol. The third-order valence-electron chi connectivity index (χ3n) is 8.43. The van der Waals surface area contributed by atoms with Gasteiger partial charge in [0.25, 0.3) is 0 Å². The van der Waals surface area contributed by atoms with Crippen LogP contribution in [0.15, 0.2) is 151 Å². The number of halogens is 1. The van der Waals surface area contributed by atoms with Crippen molar-refractivity contribution in [3.63, 3.8) is 0 Å². The number of hydrogen-bond donors (Lipinski definition) is 2. The van der Waals surface area contributed by atoms with E-state index in [2.05, 4.69) is 138 Å². The van der Waals surface area contributed by atoms with Gasteiger partial charge in [-0.2, -0.15) is 0 Å². The van der Waals surface area contributed by atoms with E-state index in [1.54, 1.807) is 0 Å². The molecule has 0 radical (unpaired) electrons. The molecule has 2 atom stereocenters. The smallest absolute Gasteiger partial charge is 0.132 e. The summed E-state index contributed by atoms with van der Waals surface area (Å²) in [5.74, 6) is 0.870. The SMILES string of the molecule is Clc1ccc(-c2ccc(C3=NC(c4ccccc4)NC(c4ccc5ccccc5c4)N3)c3ccccc23)c2ccccc12. The highest BCUT2D eigenvalue weighted by Gasteiger charge is 2.26. The molecule has 0 amide bonds. The first kappa shape index (κ1) is 25.7. The Labute approximate surface area is 255 Å². The second kappa shape index (κ2) is 10.7. The highest BCUT2D eigenvalue weighted by atomic mass is 35.5. The lowest BCUT2D eigenvalue weighted by molar-refractivity contribution is 0.409. The van der Waals surface area contributed by atoms with Gasteiger partial charge in [0.05, 0.1) is 0 Å². The van der Waals surface area contributed by atoms with E-state index in [4.69, 9.17) is 16.6 Å². The van der Waals surface area contributed by atoms with Crippen molar-refractivity contribution in [1.29, 1.82) is 0 Å². The van der Waals surface area contributed by atoms with E-state index in [1.165, 1.54) is 32.8 Å². The summed E-state index contributed by atoms with van der Waals surface area (Å²) in [7, 11) is 0. The van der Waals surface area contributed by atoms with Gasteiger partial charge in [-0.05, 0) is 61.3 Å². The van der Waals surface area contributed by atoms with Gasteiger partial charge in [0.15, 0.2) is 0 Å². The van der Waals surface area contributed by atoms with E-state index >= 15 is 0 Å². The van der Waals surface area contributed by atoms with Gasteiger partial charge in [-0.15, -0.1) is 0 Å². The van der Waals surface area contributed by atoms with Crippen LogP contribution in [0.3, 0.4) is 0 Å². The molecule has 1 aliphatic heterocycles. The van der Waals surface area contributed by atoms with Crippen LogP contribution in [0.2, 0.25) is 5.02 Å². The van der Waals surface area contributed by atoms with Crippen molar-refractivity contribution < 1.29 is 0 Å². The van der Waals surface area contributed by atoms with Crippen LogP contribution in [-0.2, 0) is 0 Å². The average Bonchev–Trinajstić information content (AvgIpc) is 3.08. The largest absolute Gasteiger partial charge is 0.350 e. The first-order valence-electron chi connectivity index (χ1n) is 14.6. The summed E-state index contributed by atoms with van der Waals surface area (Å²) in [5, 5.41) is 15.2. The maximum absolute atomic E-state index is 6.59. The van der Waals surface area contributed by atoms with Crippen LogP contribution in [0.5, 0.6) is 0 Å². The number of aliphatic imine (C=N–C) groups is 1. The Balaban J connectivity index is 1.28. The van der Waals surface area contributed by atoms with E-state index < -0.39 is 0 Å². The molecule has 0 fully saturated rings. The molecular weight excluding hydrogens is 546 g/mol. The first-order valence-corrected chi connectivity index (χ1v) is 14.9. The summed E-state index contributed by atoms with van der Waals surface area (Å²) in [6, 6.07) is 51.1. The van der Waals surface area contributed by atoms with Crippen LogP contribution in [0.4, 0.5) is 0 Å². The van der Waals surface area contributed by atoms with Gasteiger partial charge >= 0.3 is 0 Å². The Bertz CT molecular complexity index is 2170. The third kappa shape index (κ3) is 4.64. The topological polar surface area (TPSA) is 36.4 Å². The Morgan fingerprint density at radius 3 is 1.84 bits per heavy atom. The molecule has 0 aliphatic carbocycles. The molecule has 2 N–H and O–H groups in total. The lowest BCUT2D eigenvalue weighted by atomic mass is 9.91. The minimum Gasteiger partial charge on any atom is -0.350 e. The normalized spacial score (nSPS) is 16.7. The van der Waals surface area contributed by atoms with E-state index in [9.17, 15) is 0 Å². The molecule has 206 valence electrons. The molecule has 0 spiro atoms. The molecule has 0 bridgehead atoms. The van der Waals surface area contributed by atoms with Crippen LogP contribution < -0.4 is 10.6 Å². The van der Waals surface area contributed by atoms with Crippen molar-refractivity contribution in [1.82, 2.24) is 10.6 Å². The first-order chi connectivity index (χ1) is 21.2. The van der Waals surface area contributed by atoms with Gasteiger partial charge in [0.2, 0.25) is 0 Å². The molecule has 0 saturated carbocycles. The van der Waals surface area contributed by atoms with Crippen molar-refractivity contribution in [2.45, 2.75) is 12.3 Å². The number of fused-ring (bicyclic) bond motifs is 3. The highest BCUT2D eigenvalue weighted by Crippen LogP contribution is 2.38. The zero-order chi connectivity index (χ0) is 28.8. The second-order valence-electron chi connectivity index (χ2n) is 11.0. The monoisotopic (exact) mass is 573 g/mol. The number of amidine groups is 1. The zero-order valence-corrected chi connectivity index (χ0v) is 24.1. The van der Waals surface area contributed by atoms with Crippen molar-refractivity contribution >= 4 is 49.8 Å². The number of hydrogen-bond acceptors (Lipinski definition) is 3. The van der Waals surface area contributed by atoms with Crippen LogP contribution >= 0.6 is 11.6 Å². The maximum atomic E-state index is 6.59. The van der Waals surface area contributed by atoms with E-state index in [0.717, 1.165) is 38.1 Å². The van der Waals surface area contributed by atoms with Gasteiger partial charge in [-0.3, -0.25) is 5.32 Å². The van der Waals surface area contributed by atoms with Gasteiger partial charge in [-0.1, -0.05) is 145 Å². The number of benzene rings is 7. The molecule has 0 aromatic heterocycles. The summed E-state index contributed by atoms with van der Waals surface area (Å²) in [6.45, 7) is 0. The molecule has 1 heterocycles. The van der Waals surface area contributed by atoms with Gasteiger partial charge < -0.3 is 5.32 Å². The minimum absolute atomic E-state index is 0.124. The Hall–Kier alpha value is -4.96. The molecule has 4 heteroatoms. The lowest BCUT2D eigenvalue weighted by Crippen LogP contribution is -2.45. The summed E-state index contributed by atoms with van der Waals surface area (Å²) in [4.78, 5) is 5.25. The molecule has 43 heavy (non-hydrogen) atoms. The quantitative estimate of drug-likeness (QED) is 0.220. The van der Waals surface area contributed by atoms with E-state index in [-0.39, 0.29) is 12.3 Å². The highest BCUT2D eigenvalue weighted by molar-refractivity contribution is 6.36. The second-order valence-corrected chi connectivity index (χ2v) is 11.4. The fraction of sp³-hybridized carbons (Fsp3) is 0.0513. The van der Waals surface area contributed by atoms with E-state index in [0.29, 0.717) is 0 Å². The van der Waals surface area contributed by atoms with Crippen LogP contribution in [0, 0.1) is 0 Å². The number of rotatable bonds is 4. The molecule has 1 aliphatic rings. The maximum Gasteiger partial charge on any atom is 0.132 e. The van der Waals surface area contributed by atoms with E-state index in [1.807, 2.05) is 18.2 Å². The average molecular weight is 574 g/mol. The standard InChI is InChI=1S/C39H28ClN3/c40-36-23-22-33(30-15-8-9-17-34(30)36)32-20-21-35(31-16-7-6-14-29(31)32)39-42-37(26-11-2-1-3-12-26)41-38(43-39)28-19-18-25-10-4-5-13-27(25)24-28/h1-24,37-38,41H,(H,42,43). The Kier molecular flexibility index (Phi) is 6.40. The van der Waals surface area contributed by atoms with Crippen molar-refractivity contribution in [2.24, 2.45) is 4.99 Å². The Morgan fingerprint density at radius 1 is 0.488 bits per heavy atom. The summed E-state index contributed by atoms with van der Waals surface area (Å²) >= 11 is 6.59. The molecule has 7 aromatic carbocycles. The van der Waals surface area contributed by atoms with Crippen molar-refractivity contribution in [3.8, 4) is 11.1 Å². The van der Waals surface area contributed by atoms with Gasteiger partial charge in [-0.25, -0.2) is 4.99 Å². The predicted octanol–water partition coefficient (Wildman–Crippen LogP) is 9.80. The van der Waals surface area contributed by atoms with Gasteiger partial charge in [0, 0.05) is 16.0 Å². The van der Waals surface area contributed by atoms with Crippen molar-refractivity contribution in [3.05, 3.63) is 167 Å². The summed E-state index contributed by atoms with van der Waals surface area (Å²) in [6.07, 6.45) is -0.325. The lowest BCUT2D eigenvalue weighted by Gasteiger charge is -2.32. The van der Waals surface area contributed by atoms with Crippen LogP contribution in [-0.4, -0.2) is 5.84 Å². The Morgan fingerprint density at radius 2 is 1.07 bits per heavy atom. The van der Waals surface area contributed by atoms with Crippen LogP contribution in [0.25, 0.3) is 43.4 Å². The molecule has 0 saturated heterocycles. The summed E-state index contributed by atoms with van der Waals surface area (Å²) in [5.41, 5.74) is 5.71. The minimum atomic E-state index is -0.201. The fourth-order valence-corrected chi connectivity index (χ4v) is 6.53. The zero-order valence-electron chi connectivity index (χ0n) is 23.3. The third-order valence-corrected chi connectivity index (χ3v) is 8.76. The number of nitrogens with zero attached hydrogens (tertiary/aromatic N) is 1. The van der Waals surface area contributed by atoms with Crippen LogP contribution in [0.1, 0.15) is 29.0 Å². The fourth-order valence-electron chi connectivity index (χ4n) is 6.30. The molecular formula is C39H28ClN3. The van der Waals surface area contributed by atoms with Gasteiger partial charge in [0.1, 0.15) is 18.2 Å². The molecule has 3 nitrogen and oxygen atoms in total. The molecule has 2 unspecified atom stereocenters. The van der Waals surface area contributed by atoms with Crippen molar-refractivity contribution in [2.75, 3.05) is 0 Å².